The molecule has 2 aromatic rings. The first-order valence-electron chi connectivity index (χ1n) is 7.78. The third-order valence-corrected chi connectivity index (χ3v) is 4.35. The van der Waals surface area contributed by atoms with E-state index >= 15 is 0 Å². The van der Waals surface area contributed by atoms with E-state index in [0.717, 1.165) is 19.5 Å². The van der Waals surface area contributed by atoms with Crippen molar-refractivity contribution in [2.75, 3.05) is 19.0 Å². The second-order valence-corrected chi connectivity index (χ2v) is 5.73. The Morgan fingerprint density at radius 3 is 2.87 bits per heavy atom. The summed E-state index contributed by atoms with van der Waals surface area (Å²) in [6.45, 7) is 3.62. The molecule has 5 nitrogen and oxygen atoms in total. The molecule has 1 aromatic heterocycles. The Bertz CT molecular complexity index is 702. The first kappa shape index (κ1) is 15.5. The topological polar surface area (TPSA) is 54.5 Å². The van der Waals surface area contributed by atoms with Gasteiger partial charge in [0.2, 0.25) is 5.91 Å². The predicted octanol–water partition coefficient (Wildman–Crippen LogP) is 2.48. The number of aromatic nitrogens is 1. The second kappa shape index (κ2) is 6.79. The molecule has 120 valence electrons. The van der Waals surface area contributed by atoms with Crippen LogP contribution in [0.1, 0.15) is 18.1 Å². The van der Waals surface area contributed by atoms with Gasteiger partial charge in [-0.25, -0.2) is 0 Å². The molecule has 0 unspecified atom stereocenters. The van der Waals surface area contributed by atoms with E-state index in [0.29, 0.717) is 11.4 Å². The van der Waals surface area contributed by atoms with E-state index in [4.69, 9.17) is 4.74 Å². The van der Waals surface area contributed by atoms with E-state index in [1.54, 1.807) is 25.6 Å². The number of methoxy groups -OCH3 is 1. The van der Waals surface area contributed by atoms with Crippen LogP contribution in [0.15, 0.2) is 42.7 Å². The normalized spacial score (nSPS) is 15.6. The fraction of sp³-hybridized carbons (Fsp3) is 0.333. The maximum atomic E-state index is 12.6. The summed E-state index contributed by atoms with van der Waals surface area (Å²) in [6, 6.07) is 9.94. The van der Waals surface area contributed by atoms with E-state index in [2.05, 4.69) is 33.4 Å². The Morgan fingerprint density at radius 2 is 2.09 bits per heavy atom. The molecule has 1 amide bonds. The fourth-order valence-corrected chi connectivity index (χ4v) is 2.90. The van der Waals surface area contributed by atoms with Crippen molar-refractivity contribution in [1.29, 1.82) is 0 Å². The van der Waals surface area contributed by atoms with Gasteiger partial charge in [-0.1, -0.05) is 24.3 Å². The number of hydrogen-bond acceptors (Lipinski definition) is 4. The number of fused-ring (bicyclic) bond motifs is 1. The van der Waals surface area contributed by atoms with Gasteiger partial charge in [-0.3, -0.25) is 14.7 Å². The number of ether oxygens (including phenoxy) is 1. The summed E-state index contributed by atoms with van der Waals surface area (Å²) in [6.07, 6.45) is 4.22. The average Bonchev–Trinajstić information content (AvgIpc) is 2.61. The molecule has 2 heterocycles. The Labute approximate surface area is 136 Å². The van der Waals surface area contributed by atoms with Crippen LogP contribution in [-0.2, 0) is 17.8 Å². The molecule has 1 N–H and O–H groups in total. The van der Waals surface area contributed by atoms with Gasteiger partial charge in [0.05, 0.1) is 19.3 Å². The molecule has 0 saturated carbocycles. The predicted molar refractivity (Wildman–Crippen MR) is 89.4 cm³/mol. The van der Waals surface area contributed by atoms with Crippen LogP contribution >= 0.6 is 0 Å². The Kier molecular flexibility index (Phi) is 4.57. The van der Waals surface area contributed by atoms with Crippen LogP contribution < -0.4 is 10.1 Å². The van der Waals surface area contributed by atoms with Crippen LogP contribution in [0.4, 0.5) is 5.69 Å². The van der Waals surface area contributed by atoms with Crippen LogP contribution in [0.2, 0.25) is 0 Å². The zero-order chi connectivity index (χ0) is 16.2. The van der Waals surface area contributed by atoms with Crippen molar-refractivity contribution >= 4 is 11.6 Å². The number of carbonyl (C=O) groups is 1. The molecule has 1 aliphatic rings. The summed E-state index contributed by atoms with van der Waals surface area (Å²) in [5, 5.41) is 2.91. The minimum absolute atomic E-state index is 0.0457. The minimum atomic E-state index is -0.215. The molecule has 0 aliphatic carbocycles. The Balaban J connectivity index is 1.69. The van der Waals surface area contributed by atoms with Crippen molar-refractivity contribution < 1.29 is 9.53 Å². The largest absolute Gasteiger partial charge is 0.494 e. The highest BCUT2D eigenvalue weighted by molar-refractivity contribution is 5.95. The monoisotopic (exact) mass is 311 g/mol. The molecule has 0 fully saturated rings. The lowest BCUT2D eigenvalue weighted by Gasteiger charge is -2.32. The molecule has 23 heavy (non-hydrogen) atoms. The van der Waals surface area contributed by atoms with Gasteiger partial charge < -0.3 is 10.1 Å². The zero-order valence-electron chi connectivity index (χ0n) is 13.5. The average molecular weight is 311 g/mol. The van der Waals surface area contributed by atoms with Crippen LogP contribution in [0.25, 0.3) is 0 Å². The van der Waals surface area contributed by atoms with Crippen LogP contribution in [0, 0.1) is 0 Å². The summed E-state index contributed by atoms with van der Waals surface area (Å²) in [5.41, 5.74) is 3.28. The van der Waals surface area contributed by atoms with Crippen LogP contribution in [0.5, 0.6) is 5.75 Å². The number of carbonyl (C=O) groups excluding carboxylic acids is 1. The Morgan fingerprint density at radius 1 is 1.30 bits per heavy atom. The molecule has 3 rings (SSSR count). The summed E-state index contributed by atoms with van der Waals surface area (Å²) in [7, 11) is 1.58. The van der Waals surface area contributed by atoms with Gasteiger partial charge in [0.1, 0.15) is 11.4 Å². The van der Waals surface area contributed by atoms with Gasteiger partial charge in [0, 0.05) is 25.4 Å². The molecular weight excluding hydrogens is 290 g/mol. The van der Waals surface area contributed by atoms with Crippen molar-refractivity contribution in [2.45, 2.75) is 25.9 Å². The summed E-state index contributed by atoms with van der Waals surface area (Å²) in [5.74, 6) is 0.570. The number of anilines is 1. The van der Waals surface area contributed by atoms with Crippen molar-refractivity contribution in [2.24, 2.45) is 0 Å². The first-order chi connectivity index (χ1) is 11.2. The lowest BCUT2D eigenvalue weighted by molar-refractivity contribution is -0.121. The summed E-state index contributed by atoms with van der Waals surface area (Å²) in [4.78, 5) is 18.8. The third kappa shape index (κ3) is 3.35. The van der Waals surface area contributed by atoms with E-state index in [-0.39, 0.29) is 11.9 Å². The molecule has 0 bridgehead atoms. The standard InChI is InChI=1S/C18H21N3O2/c1-13(18(22)20-16-11-19-9-7-17(16)23-2)21-10-8-14-5-3-4-6-15(14)12-21/h3-7,9,11,13H,8,10,12H2,1-2H3,(H,20,22)/t13-/m1/s1. The van der Waals surface area contributed by atoms with Gasteiger partial charge in [0.15, 0.2) is 0 Å². The third-order valence-electron chi connectivity index (χ3n) is 4.35. The first-order valence-corrected chi connectivity index (χ1v) is 7.78. The van der Waals surface area contributed by atoms with Gasteiger partial charge in [-0.2, -0.15) is 0 Å². The van der Waals surface area contributed by atoms with Gasteiger partial charge in [-0.15, -0.1) is 0 Å². The lowest BCUT2D eigenvalue weighted by Crippen LogP contribution is -2.44. The highest BCUT2D eigenvalue weighted by Gasteiger charge is 2.25. The van der Waals surface area contributed by atoms with E-state index in [1.807, 2.05) is 13.0 Å². The molecule has 0 radical (unpaired) electrons. The molecule has 5 heteroatoms. The smallest absolute Gasteiger partial charge is 0.241 e. The molecule has 0 saturated heterocycles. The highest BCUT2D eigenvalue weighted by Crippen LogP contribution is 2.24. The molecule has 1 aromatic carbocycles. The highest BCUT2D eigenvalue weighted by atomic mass is 16.5. The maximum Gasteiger partial charge on any atom is 0.241 e. The van der Waals surface area contributed by atoms with Crippen molar-refractivity contribution in [3.8, 4) is 5.75 Å². The quantitative estimate of drug-likeness (QED) is 0.942. The second-order valence-electron chi connectivity index (χ2n) is 5.73. The van der Waals surface area contributed by atoms with Crippen molar-refractivity contribution in [3.05, 3.63) is 53.9 Å². The number of nitrogens with zero attached hydrogens (tertiary/aromatic N) is 2. The van der Waals surface area contributed by atoms with Crippen LogP contribution in [0.3, 0.4) is 0 Å². The number of nitrogens with one attached hydrogen (secondary N) is 1. The molecule has 1 atom stereocenters. The summed E-state index contributed by atoms with van der Waals surface area (Å²) < 4.78 is 5.25. The van der Waals surface area contributed by atoms with Crippen LogP contribution in [-0.4, -0.2) is 35.5 Å². The number of rotatable bonds is 4. The molecule has 0 spiro atoms. The Hall–Kier alpha value is -2.40. The van der Waals surface area contributed by atoms with Gasteiger partial charge in [0.25, 0.3) is 0 Å². The van der Waals surface area contributed by atoms with E-state index in [9.17, 15) is 4.79 Å². The SMILES string of the molecule is COc1ccncc1NC(=O)[C@@H](C)N1CCc2ccccc2C1. The molecular formula is C18H21N3O2. The summed E-state index contributed by atoms with van der Waals surface area (Å²) >= 11 is 0. The van der Waals surface area contributed by atoms with E-state index < -0.39 is 0 Å². The fourth-order valence-electron chi connectivity index (χ4n) is 2.90. The maximum absolute atomic E-state index is 12.6. The molecule has 1 aliphatic heterocycles. The van der Waals surface area contributed by atoms with Gasteiger partial charge in [-0.05, 0) is 24.5 Å². The minimum Gasteiger partial charge on any atom is -0.494 e. The van der Waals surface area contributed by atoms with E-state index in [1.165, 1.54) is 11.1 Å². The number of pyridine rings is 1. The van der Waals surface area contributed by atoms with Gasteiger partial charge >= 0.3 is 0 Å². The number of benzene rings is 1. The van der Waals surface area contributed by atoms with Crippen molar-refractivity contribution in [1.82, 2.24) is 9.88 Å². The zero-order valence-corrected chi connectivity index (χ0v) is 13.5. The lowest BCUT2D eigenvalue weighted by atomic mass is 9.99. The van der Waals surface area contributed by atoms with Crippen molar-refractivity contribution in [3.63, 3.8) is 0 Å². The number of amides is 1. The number of hydrogen-bond donors (Lipinski definition) is 1.